The maximum absolute atomic E-state index is 5.75. The molecule has 0 saturated carbocycles. The molecule has 0 aliphatic carbocycles. The fourth-order valence-electron chi connectivity index (χ4n) is 7.46. The van der Waals surface area contributed by atoms with Crippen LogP contribution in [0.25, 0.3) is 32.3 Å². The van der Waals surface area contributed by atoms with Crippen molar-refractivity contribution in [2.75, 3.05) is 0 Å². The molecule has 6 heteroatoms. The van der Waals surface area contributed by atoms with E-state index in [2.05, 4.69) is 218 Å². The summed E-state index contributed by atoms with van der Waals surface area (Å²) in [4.78, 5) is 17.3. The van der Waals surface area contributed by atoms with Crippen LogP contribution < -0.4 is 39.9 Å². The van der Waals surface area contributed by atoms with Crippen molar-refractivity contribution in [2.45, 2.75) is 0 Å². The second-order valence-corrected chi connectivity index (χ2v) is 27.1. The monoisotopic (exact) mass is 915 g/mol. The van der Waals surface area contributed by atoms with Crippen molar-refractivity contribution in [2.24, 2.45) is 0 Å². The summed E-state index contributed by atoms with van der Waals surface area (Å²) in [7, 11) is 0. The van der Waals surface area contributed by atoms with Crippen LogP contribution in [0.3, 0.4) is 0 Å². The number of hydrogen-bond acceptors (Lipinski definition) is 3. The Morgan fingerprint density at radius 2 is 0.456 bits per heavy atom. The Kier molecular flexibility index (Phi) is 10.1. The SMILES string of the molecule is c1ccc([As](c2ccc3ccccc3c2)c2nc([As](c3ccccc3)c3ccc4ccccc4c3)nc([As](c3ccccc3)c3ccc4ccccc4c3)n2)cc1. The molecule has 0 radical (unpaired) electrons. The van der Waals surface area contributed by atoms with E-state index in [0.29, 0.717) is 0 Å². The van der Waals surface area contributed by atoms with Gasteiger partial charge >= 0.3 is 350 Å². The Balaban J connectivity index is 1.27. The fraction of sp³-hybridized carbons (Fsp3) is 0. The molecule has 10 rings (SSSR count). The van der Waals surface area contributed by atoms with Gasteiger partial charge in [-0.1, -0.05) is 0 Å². The van der Waals surface area contributed by atoms with Gasteiger partial charge in [-0.05, 0) is 0 Å². The molecule has 0 spiro atoms. The Labute approximate surface area is 346 Å². The van der Waals surface area contributed by atoms with Gasteiger partial charge in [0.15, 0.2) is 0 Å². The van der Waals surface area contributed by atoms with Crippen molar-refractivity contribution in [3.05, 3.63) is 218 Å². The number of fused-ring (bicyclic) bond motifs is 3. The molecule has 9 aromatic carbocycles. The van der Waals surface area contributed by atoms with E-state index in [4.69, 9.17) is 15.0 Å². The van der Waals surface area contributed by atoms with E-state index in [1.54, 1.807) is 0 Å². The third-order valence-corrected chi connectivity index (χ3v) is 24.1. The van der Waals surface area contributed by atoms with Crippen LogP contribution in [-0.2, 0) is 0 Å². The van der Waals surface area contributed by atoms with E-state index in [0.717, 1.165) is 13.8 Å². The summed E-state index contributed by atoms with van der Waals surface area (Å²) < 4.78 is 10.7. The summed E-state index contributed by atoms with van der Waals surface area (Å²) in [6.45, 7) is 0. The molecular formula is C51H36As3N3. The van der Waals surface area contributed by atoms with E-state index >= 15 is 0 Å². The first-order valence-corrected chi connectivity index (χ1v) is 27.5. The Morgan fingerprint density at radius 1 is 0.211 bits per heavy atom. The normalized spacial score (nSPS) is 13.1. The minimum absolute atomic E-state index is 0.941. The summed E-state index contributed by atoms with van der Waals surface area (Å²) in [6.07, 6.45) is 0. The van der Waals surface area contributed by atoms with Crippen LogP contribution in [0.1, 0.15) is 0 Å². The van der Waals surface area contributed by atoms with Crippen LogP contribution in [-0.4, -0.2) is 58.9 Å². The van der Waals surface area contributed by atoms with Gasteiger partial charge in [-0.3, -0.25) is 0 Å². The number of aromatic nitrogens is 3. The predicted octanol–water partition coefficient (Wildman–Crippen LogP) is 4.88. The molecule has 0 saturated heterocycles. The zero-order valence-electron chi connectivity index (χ0n) is 31.0. The fourth-order valence-corrected chi connectivity index (χ4v) is 21.9. The van der Waals surface area contributed by atoms with Gasteiger partial charge in [0.1, 0.15) is 0 Å². The van der Waals surface area contributed by atoms with E-state index < -0.39 is 44.0 Å². The molecule has 270 valence electrons. The minimum atomic E-state index is -2.33. The molecule has 0 N–H and O–H groups in total. The summed E-state index contributed by atoms with van der Waals surface area (Å²) in [6, 6.07) is 79.9. The molecule has 1 heterocycles. The first-order chi connectivity index (χ1) is 28.2. The maximum atomic E-state index is 5.75. The number of nitrogens with zero attached hydrogens (tertiary/aromatic N) is 3. The van der Waals surface area contributed by atoms with Crippen LogP contribution in [0, 0.1) is 0 Å². The summed E-state index contributed by atoms with van der Waals surface area (Å²) in [5.74, 6) is 0. The molecule has 3 nitrogen and oxygen atoms in total. The number of hydrogen-bond donors (Lipinski definition) is 0. The summed E-state index contributed by atoms with van der Waals surface area (Å²) in [5.41, 5.74) is 0. The van der Waals surface area contributed by atoms with E-state index in [1.807, 2.05) is 0 Å². The second-order valence-electron chi connectivity index (χ2n) is 13.8. The van der Waals surface area contributed by atoms with E-state index in [9.17, 15) is 0 Å². The predicted molar refractivity (Wildman–Crippen MR) is 245 cm³/mol. The van der Waals surface area contributed by atoms with Crippen LogP contribution in [0.5, 0.6) is 0 Å². The molecule has 3 unspecified atom stereocenters. The zero-order valence-corrected chi connectivity index (χ0v) is 36.6. The topological polar surface area (TPSA) is 38.7 Å². The van der Waals surface area contributed by atoms with Gasteiger partial charge < -0.3 is 0 Å². The van der Waals surface area contributed by atoms with Crippen molar-refractivity contribution in [1.29, 1.82) is 0 Å². The van der Waals surface area contributed by atoms with Gasteiger partial charge in [0, 0.05) is 0 Å². The van der Waals surface area contributed by atoms with Crippen LogP contribution >= 0.6 is 0 Å². The molecule has 0 aliphatic rings. The van der Waals surface area contributed by atoms with Gasteiger partial charge in [-0.25, -0.2) is 0 Å². The van der Waals surface area contributed by atoms with Crippen molar-refractivity contribution >= 4 is 116 Å². The van der Waals surface area contributed by atoms with Crippen LogP contribution in [0.2, 0.25) is 0 Å². The Hall–Kier alpha value is -5.55. The zero-order chi connectivity index (χ0) is 38.0. The molecule has 3 atom stereocenters. The quantitative estimate of drug-likeness (QED) is 0.194. The molecule has 1 aromatic heterocycles. The molecular weight excluding hydrogens is 879 g/mol. The Bertz CT molecular complexity index is 2660. The first-order valence-electron chi connectivity index (χ1n) is 19.0. The molecule has 0 aliphatic heterocycles. The van der Waals surface area contributed by atoms with Crippen molar-refractivity contribution in [3.8, 4) is 0 Å². The van der Waals surface area contributed by atoms with Gasteiger partial charge in [0.2, 0.25) is 0 Å². The standard InChI is InChI=1S/C51H36As3N3/c1-4-22-43(23-5-1)52(46-31-28-37-16-10-13-19-40(37)34-46)49-55-50(53(44-24-6-2-7-25-44)47-32-29-38-17-11-14-20-41(38)35-47)57-51(56-49)54(45-26-8-3-9-27-45)48-33-30-39-18-12-15-21-42(39)36-48/h1-36H. The summed E-state index contributed by atoms with van der Waals surface area (Å²) >= 11 is -6.98. The Morgan fingerprint density at radius 3 is 0.737 bits per heavy atom. The third kappa shape index (κ3) is 7.40. The van der Waals surface area contributed by atoms with E-state index in [-0.39, 0.29) is 0 Å². The van der Waals surface area contributed by atoms with Crippen molar-refractivity contribution in [1.82, 2.24) is 15.0 Å². The average Bonchev–Trinajstić information content (AvgIpc) is 3.28. The third-order valence-electron chi connectivity index (χ3n) is 10.2. The van der Waals surface area contributed by atoms with Gasteiger partial charge in [-0.15, -0.1) is 0 Å². The summed E-state index contributed by atoms with van der Waals surface area (Å²) in [5, 5.41) is 7.42. The average molecular weight is 916 g/mol. The first kappa shape index (κ1) is 35.8. The number of rotatable bonds is 9. The van der Waals surface area contributed by atoms with Crippen molar-refractivity contribution in [3.63, 3.8) is 0 Å². The molecule has 0 bridgehead atoms. The second kappa shape index (κ2) is 16.1. The molecule has 57 heavy (non-hydrogen) atoms. The van der Waals surface area contributed by atoms with Crippen LogP contribution in [0.15, 0.2) is 218 Å². The van der Waals surface area contributed by atoms with Crippen molar-refractivity contribution < 1.29 is 0 Å². The molecule has 0 fully saturated rings. The van der Waals surface area contributed by atoms with Gasteiger partial charge in [0.05, 0.1) is 0 Å². The van der Waals surface area contributed by atoms with Gasteiger partial charge in [0.25, 0.3) is 0 Å². The van der Waals surface area contributed by atoms with E-state index in [1.165, 1.54) is 58.4 Å². The van der Waals surface area contributed by atoms with Crippen LogP contribution in [0.4, 0.5) is 0 Å². The number of benzene rings is 9. The van der Waals surface area contributed by atoms with Gasteiger partial charge in [-0.2, -0.15) is 0 Å². The molecule has 10 aromatic rings. The molecule has 0 amide bonds.